The lowest BCUT2D eigenvalue weighted by molar-refractivity contribution is 0.277. The van der Waals surface area contributed by atoms with Crippen LogP contribution in [0.5, 0.6) is 5.75 Å². The van der Waals surface area contributed by atoms with E-state index in [9.17, 15) is 0 Å². The third-order valence-corrected chi connectivity index (χ3v) is 4.11. The van der Waals surface area contributed by atoms with Gasteiger partial charge >= 0.3 is 0 Å². The van der Waals surface area contributed by atoms with Gasteiger partial charge in [-0.05, 0) is 61.2 Å². The molecule has 0 spiro atoms. The second kappa shape index (κ2) is 8.42. The van der Waals surface area contributed by atoms with Gasteiger partial charge in [-0.15, -0.1) is 12.4 Å². The topological polar surface area (TPSA) is 21.3 Å². The maximum Gasteiger partial charge on any atom is 0.119 e. The van der Waals surface area contributed by atoms with Gasteiger partial charge in [-0.2, -0.15) is 0 Å². The van der Waals surface area contributed by atoms with E-state index in [1.54, 1.807) is 0 Å². The van der Waals surface area contributed by atoms with Crippen LogP contribution in [0.15, 0.2) is 48.5 Å². The van der Waals surface area contributed by atoms with E-state index in [-0.39, 0.29) is 12.4 Å². The average molecular weight is 338 g/mol. The van der Waals surface area contributed by atoms with E-state index in [4.69, 9.17) is 16.3 Å². The summed E-state index contributed by atoms with van der Waals surface area (Å²) in [6, 6.07) is 16.9. The van der Waals surface area contributed by atoms with Crippen LogP contribution < -0.4 is 10.1 Å². The summed E-state index contributed by atoms with van der Waals surface area (Å²) in [5, 5.41) is 4.22. The fraction of sp³-hybridized carbons (Fsp3) is 0.333. The largest absolute Gasteiger partial charge is 0.492 e. The van der Waals surface area contributed by atoms with Crippen molar-refractivity contribution in [2.24, 2.45) is 0 Å². The number of nitrogens with one attached hydrogen (secondary N) is 1. The SMILES string of the molecule is Cl.Clc1ccc(Cc2ccc(OC[C@@H]3CCCN3)cc2)cc1. The van der Waals surface area contributed by atoms with Crippen molar-refractivity contribution in [1.82, 2.24) is 5.32 Å². The molecule has 1 heterocycles. The second-order valence-corrected chi connectivity index (χ2v) is 5.99. The van der Waals surface area contributed by atoms with Crippen molar-refractivity contribution in [2.45, 2.75) is 25.3 Å². The van der Waals surface area contributed by atoms with Crippen LogP contribution in [0, 0.1) is 0 Å². The zero-order chi connectivity index (χ0) is 14.5. The molecule has 1 N–H and O–H groups in total. The minimum atomic E-state index is 0. The van der Waals surface area contributed by atoms with E-state index in [2.05, 4.69) is 41.7 Å². The van der Waals surface area contributed by atoms with Crippen molar-refractivity contribution in [1.29, 1.82) is 0 Å². The molecule has 1 aliphatic heterocycles. The number of hydrogen-bond acceptors (Lipinski definition) is 2. The average Bonchev–Trinajstić information content (AvgIpc) is 3.02. The highest BCUT2D eigenvalue weighted by atomic mass is 35.5. The summed E-state index contributed by atoms with van der Waals surface area (Å²) in [5.41, 5.74) is 2.55. The van der Waals surface area contributed by atoms with Crippen molar-refractivity contribution in [2.75, 3.05) is 13.2 Å². The summed E-state index contributed by atoms with van der Waals surface area (Å²) in [6.07, 6.45) is 3.39. The second-order valence-electron chi connectivity index (χ2n) is 5.55. The molecule has 1 fully saturated rings. The lowest BCUT2D eigenvalue weighted by atomic mass is 10.1. The van der Waals surface area contributed by atoms with E-state index < -0.39 is 0 Å². The van der Waals surface area contributed by atoms with Crippen LogP contribution in [0.2, 0.25) is 5.02 Å². The predicted octanol–water partition coefficient (Wildman–Crippen LogP) is 4.48. The van der Waals surface area contributed by atoms with Crippen molar-refractivity contribution in [3.8, 4) is 5.75 Å². The molecule has 0 bridgehead atoms. The van der Waals surface area contributed by atoms with Crippen LogP contribution in [0.1, 0.15) is 24.0 Å². The Kier molecular flexibility index (Phi) is 6.56. The highest BCUT2D eigenvalue weighted by Gasteiger charge is 2.14. The Morgan fingerprint density at radius 3 is 2.23 bits per heavy atom. The van der Waals surface area contributed by atoms with Crippen LogP contribution in [0.3, 0.4) is 0 Å². The molecule has 4 heteroatoms. The molecule has 1 aliphatic rings. The predicted molar refractivity (Wildman–Crippen MR) is 94.5 cm³/mol. The van der Waals surface area contributed by atoms with Crippen LogP contribution in [0.25, 0.3) is 0 Å². The van der Waals surface area contributed by atoms with E-state index in [0.717, 1.165) is 30.3 Å². The van der Waals surface area contributed by atoms with Crippen molar-refractivity contribution in [3.05, 3.63) is 64.7 Å². The van der Waals surface area contributed by atoms with E-state index >= 15 is 0 Å². The Balaban J connectivity index is 0.00000176. The highest BCUT2D eigenvalue weighted by molar-refractivity contribution is 6.30. The maximum absolute atomic E-state index is 5.90. The minimum absolute atomic E-state index is 0. The summed E-state index contributed by atoms with van der Waals surface area (Å²) >= 11 is 5.90. The Morgan fingerprint density at radius 1 is 1.00 bits per heavy atom. The lowest BCUT2D eigenvalue weighted by Crippen LogP contribution is -2.28. The molecule has 2 aromatic carbocycles. The van der Waals surface area contributed by atoms with Crippen molar-refractivity contribution < 1.29 is 4.74 Å². The van der Waals surface area contributed by atoms with Crippen LogP contribution in [0.4, 0.5) is 0 Å². The zero-order valence-electron chi connectivity index (χ0n) is 12.4. The molecule has 0 radical (unpaired) electrons. The molecule has 1 saturated heterocycles. The van der Waals surface area contributed by atoms with Gasteiger partial charge in [0.15, 0.2) is 0 Å². The van der Waals surface area contributed by atoms with Crippen LogP contribution >= 0.6 is 24.0 Å². The monoisotopic (exact) mass is 337 g/mol. The van der Waals surface area contributed by atoms with E-state index in [1.807, 2.05) is 12.1 Å². The van der Waals surface area contributed by atoms with E-state index in [1.165, 1.54) is 24.0 Å². The number of benzene rings is 2. The first-order chi connectivity index (χ1) is 10.3. The molecule has 1 atom stereocenters. The molecule has 0 aliphatic carbocycles. The van der Waals surface area contributed by atoms with E-state index in [0.29, 0.717) is 6.04 Å². The molecular weight excluding hydrogens is 317 g/mol. The van der Waals surface area contributed by atoms with Gasteiger partial charge in [-0.3, -0.25) is 0 Å². The van der Waals surface area contributed by atoms with Gasteiger partial charge in [-0.25, -0.2) is 0 Å². The quantitative estimate of drug-likeness (QED) is 0.868. The Morgan fingerprint density at radius 2 is 1.64 bits per heavy atom. The lowest BCUT2D eigenvalue weighted by Gasteiger charge is -2.12. The van der Waals surface area contributed by atoms with Crippen LogP contribution in [-0.2, 0) is 6.42 Å². The van der Waals surface area contributed by atoms with Crippen LogP contribution in [-0.4, -0.2) is 19.2 Å². The van der Waals surface area contributed by atoms with Gasteiger partial charge < -0.3 is 10.1 Å². The third kappa shape index (κ3) is 4.91. The fourth-order valence-electron chi connectivity index (χ4n) is 2.64. The first kappa shape index (κ1) is 17.1. The maximum atomic E-state index is 5.90. The summed E-state index contributed by atoms with van der Waals surface area (Å²) in [4.78, 5) is 0. The summed E-state index contributed by atoms with van der Waals surface area (Å²) in [6.45, 7) is 1.88. The summed E-state index contributed by atoms with van der Waals surface area (Å²) in [7, 11) is 0. The number of hydrogen-bond donors (Lipinski definition) is 1. The van der Waals surface area contributed by atoms with Gasteiger partial charge in [0, 0.05) is 11.1 Å². The summed E-state index contributed by atoms with van der Waals surface area (Å²) in [5.74, 6) is 0.948. The molecule has 0 aromatic heterocycles. The smallest absolute Gasteiger partial charge is 0.119 e. The fourth-order valence-corrected chi connectivity index (χ4v) is 2.76. The molecule has 118 valence electrons. The Bertz CT molecular complexity index is 563. The third-order valence-electron chi connectivity index (χ3n) is 3.86. The first-order valence-electron chi connectivity index (χ1n) is 7.49. The first-order valence-corrected chi connectivity index (χ1v) is 7.87. The minimum Gasteiger partial charge on any atom is -0.492 e. The summed E-state index contributed by atoms with van der Waals surface area (Å²) < 4.78 is 5.83. The van der Waals surface area contributed by atoms with Gasteiger partial charge in [-0.1, -0.05) is 35.9 Å². The standard InChI is InChI=1S/C18H20ClNO.ClH/c19-16-7-3-14(4-8-16)12-15-5-9-18(10-6-15)21-13-17-2-1-11-20-17;/h3-10,17,20H,1-2,11-13H2;1H/t17-;/m0./s1. The molecule has 3 rings (SSSR count). The molecule has 0 unspecified atom stereocenters. The Hall–Kier alpha value is -1.22. The van der Waals surface area contributed by atoms with Crippen molar-refractivity contribution in [3.63, 3.8) is 0 Å². The van der Waals surface area contributed by atoms with Gasteiger partial charge in [0.1, 0.15) is 12.4 Å². The molecule has 0 saturated carbocycles. The molecule has 2 aromatic rings. The molecule has 2 nitrogen and oxygen atoms in total. The van der Waals surface area contributed by atoms with Gasteiger partial charge in [0.05, 0.1) is 0 Å². The number of halogens is 2. The molecule has 22 heavy (non-hydrogen) atoms. The molecule has 0 amide bonds. The van der Waals surface area contributed by atoms with Gasteiger partial charge in [0.25, 0.3) is 0 Å². The molecular formula is C18H21Cl2NO. The normalized spacial score (nSPS) is 17.0. The highest BCUT2D eigenvalue weighted by Crippen LogP contribution is 2.17. The van der Waals surface area contributed by atoms with Gasteiger partial charge in [0.2, 0.25) is 0 Å². The van der Waals surface area contributed by atoms with Crippen molar-refractivity contribution >= 4 is 24.0 Å². The zero-order valence-corrected chi connectivity index (χ0v) is 14.0. The number of rotatable bonds is 5. The number of ether oxygens (including phenoxy) is 1. The Labute approximate surface area is 143 Å².